The van der Waals surface area contributed by atoms with E-state index in [0.717, 1.165) is 26.0 Å². The molecule has 2 atom stereocenters. The second-order valence-electron chi connectivity index (χ2n) is 7.73. The van der Waals surface area contributed by atoms with E-state index >= 15 is 0 Å². The Bertz CT molecular complexity index is 303. The van der Waals surface area contributed by atoms with Gasteiger partial charge in [-0.1, -0.05) is 27.7 Å². The lowest BCUT2D eigenvalue weighted by Crippen LogP contribution is -2.62. The summed E-state index contributed by atoms with van der Waals surface area (Å²) >= 11 is 0. The molecule has 0 spiro atoms. The summed E-state index contributed by atoms with van der Waals surface area (Å²) in [6.45, 7) is 13.4. The molecule has 2 aliphatic heterocycles. The molecule has 2 N–H and O–H groups in total. The minimum absolute atomic E-state index is 0.185. The van der Waals surface area contributed by atoms with Crippen LogP contribution in [-0.4, -0.2) is 42.8 Å². The molecule has 19 heavy (non-hydrogen) atoms. The SMILES string of the molecule is CC(C)C1CC(CN)(N2CCCC(C)(C)C2)CCO1. The fourth-order valence-corrected chi connectivity index (χ4v) is 3.79. The van der Waals surface area contributed by atoms with Crippen LogP contribution in [0.3, 0.4) is 0 Å². The van der Waals surface area contributed by atoms with Gasteiger partial charge in [0.2, 0.25) is 0 Å². The third kappa shape index (κ3) is 3.32. The molecule has 2 saturated heterocycles. The normalized spacial score (nSPS) is 36.6. The zero-order valence-electron chi connectivity index (χ0n) is 13.2. The molecule has 0 aromatic rings. The third-order valence-corrected chi connectivity index (χ3v) is 5.18. The first-order chi connectivity index (χ1) is 8.88. The largest absolute Gasteiger partial charge is 0.378 e. The van der Waals surface area contributed by atoms with Crippen molar-refractivity contribution in [1.29, 1.82) is 0 Å². The Morgan fingerprint density at radius 1 is 1.32 bits per heavy atom. The first-order valence-electron chi connectivity index (χ1n) is 7.95. The third-order valence-electron chi connectivity index (χ3n) is 5.18. The van der Waals surface area contributed by atoms with Crippen LogP contribution in [0.2, 0.25) is 0 Å². The molecule has 3 heteroatoms. The highest BCUT2D eigenvalue weighted by atomic mass is 16.5. The summed E-state index contributed by atoms with van der Waals surface area (Å²) < 4.78 is 5.96. The van der Waals surface area contributed by atoms with Crippen LogP contribution in [-0.2, 0) is 4.74 Å². The van der Waals surface area contributed by atoms with E-state index in [1.165, 1.54) is 25.9 Å². The maximum absolute atomic E-state index is 6.22. The van der Waals surface area contributed by atoms with Gasteiger partial charge in [-0.2, -0.15) is 0 Å². The van der Waals surface area contributed by atoms with Crippen LogP contribution in [0.1, 0.15) is 53.4 Å². The van der Waals surface area contributed by atoms with Gasteiger partial charge in [-0.05, 0) is 43.6 Å². The lowest BCUT2D eigenvalue weighted by molar-refractivity contribution is -0.102. The van der Waals surface area contributed by atoms with E-state index in [1.54, 1.807) is 0 Å². The lowest BCUT2D eigenvalue weighted by atomic mass is 9.77. The summed E-state index contributed by atoms with van der Waals surface area (Å²) in [7, 11) is 0. The van der Waals surface area contributed by atoms with Crippen LogP contribution in [0.4, 0.5) is 0 Å². The van der Waals surface area contributed by atoms with Crippen LogP contribution >= 0.6 is 0 Å². The molecule has 0 aromatic heterocycles. The fraction of sp³-hybridized carbons (Fsp3) is 1.00. The smallest absolute Gasteiger partial charge is 0.0616 e. The van der Waals surface area contributed by atoms with Gasteiger partial charge >= 0.3 is 0 Å². The molecular weight excluding hydrogens is 236 g/mol. The van der Waals surface area contributed by atoms with E-state index in [4.69, 9.17) is 10.5 Å². The molecule has 0 aliphatic carbocycles. The average Bonchev–Trinajstić information content (AvgIpc) is 2.37. The maximum atomic E-state index is 6.22. The van der Waals surface area contributed by atoms with E-state index < -0.39 is 0 Å². The van der Waals surface area contributed by atoms with Gasteiger partial charge in [0, 0.05) is 25.2 Å². The summed E-state index contributed by atoms with van der Waals surface area (Å²) in [4.78, 5) is 2.69. The van der Waals surface area contributed by atoms with E-state index in [0.29, 0.717) is 17.4 Å². The Kier molecular flexibility index (Phi) is 4.59. The highest BCUT2D eigenvalue weighted by molar-refractivity contribution is 4.99. The number of hydrogen-bond acceptors (Lipinski definition) is 3. The van der Waals surface area contributed by atoms with Crippen molar-refractivity contribution in [3.8, 4) is 0 Å². The van der Waals surface area contributed by atoms with Crippen LogP contribution < -0.4 is 5.73 Å². The van der Waals surface area contributed by atoms with Gasteiger partial charge in [-0.3, -0.25) is 4.90 Å². The molecule has 2 aliphatic rings. The number of likely N-dealkylation sites (tertiary alicyclic amines) is 1. The Morgan fingerprint density at radius 3 is 2.63 bits per heavy atom. The molecule has 2 fully saturated rings. The lowest BCUT2D eigenvalue weighted by Gasteiger charge is -2.53. The van der Waals surface area contributed by atoms with E-state index in [2.05, 4.69) is 32.6 Å². The van der Waals surface area contributed by atoms with Gasteiger partial charge in [0.15, 0.2) is 0 Å². The predicted molar refractivity (Wildman–Crippen MR) is 80.2 cm³/mol. The van der Waals surface area contributed by atoms with Crippen molar-refractivity contribution >= 4 is 0 Å². The van der Waals surface area contributed by atoms with Crippen LogP contribution in [0, 0.1) is 11.3 Å². The molecule has 0 saturated carbocycles. The van der Waals surface area contributed by atoms with Crippen molar-refractivity contribution in [1.82, 2.24) is 4.90 Å². The topological polar surface area (TPSA) is 38.5 Å². The molecular formula is C16H32N2O. The van der Waals surface area contributed by atoms with Crippen molar-refractivity contribution in [2.45, 2.75) is 65.0 Å². The van der Waals surface area contributed by atoms with E-state index in [9.17, 15) is 0 Å². The highest BCUT2D eigenvalue weighted by Crippen LogP contribution is 2.38. The Labute approximate surface area is 118 Å². The minimum atomic E-state index is 0.185. The van der Waals surface area contributed by atoms with Gasteiger partial charge in [-0.25, -0.2) is 0 Å². The standard InChI is InChI=1S/C16H32N2O/c1-13(2)14-10-16(11-17,7-9-19-14)18-8-5-6-15(3,4)12-18/h13-14H,5-12,17H2,1-4H3. The zero-order chi connectivity index (χ0) is 14.1. The number of piperidine rings is 1. The minimum Gasteiger partial charge on any atom is -0.378 e. The van der Waals surface area contributed by atoms with Crippen molar-refractivity contribution in [3.63, 3.8) is 0 Å². The van der Waals surface area contributed by atoms with Gasteiger partial charge in [0.25, 0.3) is 0 Å². The molecule has 2 heterocycles. The average molecular weight is 268 g/mol. The molecule has 3 nitrogen and oxygen atoms in total. The van der Waals surface area contributed by atoms with Crippen LogP contribution in [0.25, 0.3) is 0 Å². The summed E-state index contributed by atoms with van der Waals surface area (Å²) in [5.74, 6) is 0.587. The first kappa shape index (κ1) is 15.3. The number of rotatable bonds is 3. The molecule has 0 aromatic carbocycles. The van der Waals surface area contributed by atoms with Crippen LogP contribution in [0.5, 0.6) is 0 Å². The molecule has 0 amide bonds. The Morgan fingerprint density at radius 2 is 2.05 bits per heavy atom. The van der Waals surface area contributed by atoms with Crippen molar-refractivity contribution in [2.24, 2.45) is 17.1 Å². The molecule has 0 radical (unpaired) electrons. The second kappa shape index (κ2) is 5.71. The van der Waals surface area contributed by atoms with Gasteiger partial charge in [-0.15, -0.1) is 0 Å². The molecule has 112 valence electrons. The Hall–Kier alpha value is -0.120. The monoisotopic (exact) mass is 268 g/mol. The quantitative estimate of drug-likeness (QED) is 0.855. The van der Waals surface area contributed by atoms with E-state index in [1.807, 2.05) is 0 Å². The number of ether oxygens (including phenoxy) is 1. The van der Waals surface area contributed by atoms with E-state index in [-0.39, 0.29) is 5.54 Å². The summed E-state index contributed by atoms with van der Waals surface area (Å²) in [6.07, 6.45) is 5.23. The van der Waals surface area contributed by atoms with Crippen molar-refractivity contribution in [3.05, 3.63) is 0 Å². The van der Waals surface area contributed by atoms with Crippen molar-refractivity contribution in [2.75, 3.05) is 26.2 Å². The molecule has 2 rings (SSSR count). The van der Waals surface area contributed by atoms with Crippen LogP contribution in [0.15, 0.2) is 0 Å². The number of nitrogens with zero attached hydrogens (tertiary/aromatic N) is 1. The molecule has 2 unspecified atom stereocenters. The highest BCUT2D eigenvalue weighted by Gasteiger charge is 2.44. The number of hydrogen-bond donors (Lipinski definition) is 1. The van der Waals surface area contributed by atoms with Gasteiger partial charge < -0.3 is 10.5 Å². The van der Waals surface area contributed by atoms with Crippen molar-refractivity contribution < 1.29 is 4.74 Å². The van der Waals surface area contributed by atoms with Gasteiger partial charge in [0.1, 0.15) is 0 Å². The fourth-order valence-electron chi connectivity index (χ4n) is 3.79. The summed E-state index contributed by atoms with van der Waals surface area (Å²) in [5, 5.41) is 0. The number of nitrogens with two attached hydrogens (primary N) is 1. The predicted octanol–water partition coefficient (Wildman–Crippen LogP) is 2.64. The first-order valence-corrected chi connectivity index (χ1v) is 7.95. The Balaban J connectivity index is 2.12. The second-order valence-corrected chi connectivity index (χ2v) is 7.73. The maximum Gasteiger partial charge on any atom is 0.0616 e. The molecule has 0 bridgehead atoms. The zero-order valence-corrected chi connectivity index (χ0v) is 13.2. The summed E-state index contributed by atoms with van der Waals surface area (Å²) in [6, 6.07) is 0. The van der Waals surface area contributed by atoms with Gasteiger partial charge in [0.05, 0.1) is 6.10 Å². The summed E-state index contributed by atoms with van der Waals surface area (Å²) in [5.41, 5.74) is 6.84.